The zero-order chi connectivity index (χ0) is 21.2. The van der Waals surface area contributed by atoms with Gasteiger partial charge in [0.2, 0.25) is 0 Å². The molecule has 0 aliphatic carbocycles. The third kappa shape index (κ3) is 8.33. The Bertz CT molecular complexity index is 695. The van der Waals surface area contributed by atoms with Crippen LogP contribution in [0, 0.1) is 13.8 Å². The van der Waals surface area contributed by atoms with E-state index in [1.54, 1.807) is 0 Å². The number of rotatable bonds is 11. The number of alkyl halides is 3. The second-order valence-electron chi connectivity index (χ2n) is 5.97. The molecule has 0 aliphatic rings. The van der Waals surface area contributed by atoms with Crippen molar-refractivity contribution in [3.05, 3.63) is 35.4 Å². The van der Waals surface area contributed by atoms with Gasteiger partial charge in [-0.1, -0.05) is 17.3 Å². The molecule has 1 rings (SSSR count). The van der Waals surface area contributed by atoms with E-state index in [-0.39, 0.29) is 12.4 Å². The van der Waals surface area contributed by atoms with Crippen LogP contribution < -0.4 is 9.47 Å². The minimum atomic E-state index is -4.66. The maximum absolute atomic E-state index is 12.7. The van der Waals surface area contributed by atoms with Crippen molar-refractivity contribution in [2.75, 3.05) is 31.8 Å². The fraction of sp³-hybridized carbons (Fsp3) is 0.526. The van der Waals surface area contributed by atoms with Crippen LogP contribution in [0.4, 0.5) is 13.2 Å². The van der Waals surface area contributed by atoms with E-state index in [9.17, 15) is 17.4 Å². The van der Waals surface area contributed by atoms with Crippen LogP contribution in [0.5, 0.6) is 11.5 Å². The molecule has 1 aromatic carbocycles. The molecule has 0 saturated heterocycles. The average Bonchev–Trinajstić information content (AvgIpc) is 2.59. The summed E-state index contributed by atoms with van der Waals surface area (Å²) in [6.45, 7) is 6.42. The fourth-order valence-electron chi connectivity index (χ4n) is 2.35. The summed E-state index contributed by atoms with van der Waals surface area (Å²) in [4.78, 5) is 4.18. The van der Waals surface area contributed by atoms with E-state index in [1.165, 1.54) is 0 Å². The molecule has 0 spiro atoms. The molecule has 1 unspecified atom stereocenters. The van der Waals surface area contributed by atoms with Crippen LogP contribution >= 0.6 is 0 Å². The lowest BCUT2D eigenvalue weighted by Crippen LogP contribution is -2.29. The molecule has 1 aromatic rings. The van der Waals surface area contributed by atoms with Gasteiger partial charge in [0.15, 0.2) is 5.71 Å². The Kier molecular flexibility index (Phi) is 10.1. The minimum absolute atomic E-state index is 0.0709. The number of ether oxygens (including phenoxy) is 2. The number of allylic oxidation sites excluding steroid dienone is 1. The highest BCUT2D eigenvalue weighted by Gasteiger charge is 2.37. The summed E-state index contributed by atoms with van der Waals surface area (Å²) >= 11 is 0. The van der Waals surface area contributed by atoms with Crippen molar-refractivity contribution in [1.29, 1.82) is 0 Å². The summed E-state index contributed by atoms with van der Waals surface area (Å²) < 4.78 is 61.4. The third-order valence-electron chi connectivity index (χ3n) is 3.60. The van der Waals surface area contributed by atoms with Gasteiger partial charge in [-0.25, -0.2) is 0 Å². The molecular weight excluding hydrogens is 395 g/mol. The first-order chi connectivity index (χ1) is 13.2. The Balaban J connectivity index is 2.53. The number of aryl methyl sites for hydroxylation is 2. The maximum Gasteiger partial charge on any atom is 0.433 e. The lowest BCUT2D eigenvalue weighted by molar-refractivity contribution is -0.0618. The number of hydrogen-bond donors (Lipinski definition) is 0. The van der Waals surface area contributed by atoms with Crippen LogP contribution in [0.25, 0.3) is 0 Å². The Hall–Kier alpha value is -2.03. The highest BCUT2D eigenvalue weighted by Crippen LogP contribution is 2.28. The van der Waals surface area contributed by atoms with Crippen LogP contribution in [0.2, 0.25) is 0 Å². The Labute approximate surface area is 166 Å². The first-order valence-electron chi connectivity index (χ1n) is 8.69. The van der Waals surface area contributed by atoms with Gasteiger partial charge >= 0.3 is 6.18 Å². The van der Waals surface area contributed by atoms with Crippen molar-refractivity contribution in [2.24, 2.45) is 5.16 Å². The standard InChI is InChI=1S/C19H26F3NO4S/c1-5-6-8-26-16-11-14(2)18(15(3)12-16)27-9-7-10-28(24)13-17(23-25-4)19(20,21)22/h5-6,11-12H,7-10,13H2,1-4H3/b6-5+,23-17-. The fourth-order valence-corrected chi connectivity index (χ4v) is 3.46. The van der Waals surface area contributed by atoms with Crippen molar-refractivity contribution in [1.82, 2.24) is 0 Å². The van der Waals surface area contributed by atoms with Gasteiger partial charge in [-0.2, -0.15) is 13.2 Å². The topological polar surface area (TPSA) is 57.1 Å². The van der Waals surface area contributed by atoms with Gasteiger partial charge in [0.1, 0.15) is 25.2 Å². The van der Waals surface area contributed by atoms with Crippen molar-refractivity contribution < 1.29 is 31.7 Å². The van der Waals surface area contributed by atoms with Crippen LogP contribution in [-0.2, 0) is 15.6 Å². The molecule has 158 valence electrons. The zero-order valence-corrected chi connectivity index (χ0v) is 17.3. The van der Waals surface area contributed by atoms with E-state index in [4.69, 9.17) is 9.47 Å². The largest absolute Gasteiger partial charge is 0.493 e. The molecule has 1 atom stereocenters. The molecule has 9 heteroatoms. The number of halogens is 3. The summed E-state index contributed by atoms with van der Waals surface area (Å²) in [7, 11) is -0.695. The van der Waals surface area contributed by atoms with Crippen molar-refractivity contribution in [2.45, 2.75) is 33.4 Å². The minimum Gasteiger partial charge on any atom is -0.493 e. The molecule has 0 fully saturated rings. The van der Waals surface area contributed by atoms with E-state index in [2.05, 4.69) is 9.99 Å². The lowest BCUT2D eigenvalue weighted by Gasteiger charge is -2.14. The smallest absolute Gasteiger partial charge is 0.433 e. The predicted molar refractivity (Wildman–Crippen MR) is 105 cm³/mol. The quantitative estimate of drug-likeness (QED) is 0.231. The summed E-state index contributed by atoms with van der Waals surface area (Å²) in [5.41, 5.74) is 0.598. The number of benzene rings is 1. The second-order valence-corrected chi connectivity index (χ2v) is 7.55. The highest BCUT2D eigenvalue weighted by atomic mass is 32.2. The highest BCUT2D eigenvalue weighted by molar-refractivity contribution is 7.85. The summed E-state index contributed by atoms with van der Waals surface area (Å²) in [6, 6.07) is 3.72. The van der Waals surface area contributed by atoms with E-state index < -0.39 is 28.4 Å². The summed E-state index contributed by atoms with van der Waals surface area (Å²) in [5, 5.41) is 2.92. The molecule has 0 aromatic heterocycles. The number of hydrogen-bond acceptors (Lipinski definition) is 5. The van der Waals surface area contributed by atoms with Crippen molar-refractivity contribution in [3.8, 4) is 11.5 Å². The average molecular weight is 421 g/mol. The Morgan fingerprint density at radius 2 is 1.86 bits per heavy atom. The van der Waals surface area contributed by atoms with Crippen LogP contribution in [0.15, 0.2) is 29.4 Å². The first-order valence-corrected chi connectivity index (χ1v) is 10.2. The zero-order valence-electron chi connectivity index (χ0n) is 16.5. The molecule has 0 heterocycles. The monoisotopic (exact) mass is 421 g/mol. The molecule has 0 bridgehead atoms. The number of nitrogens with zero attached hydrogens (tertiary/aromatic N) is 1. The van der Waals surface area contributed by atoms with Crippen LogP contribution in [0.1, 0.15) is 24.5 Å². The van der Waals surface area contributed by atoms with Crippen molar-refractivity contribution >= 4 is 16.5 Å². The Morgan fingerprint density at radius 1 is 1.21 bits per heavy atom. The molecule has 5 nitrogen and oxygen atoms in total. The van der Waals surface area contributed by atoms with Crippen LogP contribution in [-0.4, -0.2) is 47.9 Å². The van der Waals surface area contributed by atoms with E-state index in [1.807, 2.05) is 45.1 Å². The van der Waals surface area contributed by atoms with Gasteiger partial charge < -0.3 is 14.3 Å². The summed E-state index contributed by atoms with van der Waals surface area (Å²) in [5.74, 6) is 0.800. The van der Waals surface area contributed by atoms with Crippen LogP contribution in [0.3, 0.4) is 0 Å². The predicted octanol–water partition coefficient (Wildman–Crippen LogP) is 4.34. The van der Waals surface area contributed by atoms with Gasteiger partial charge in [-0.05, 0) is 50.5 Å². The molecule has 0 saturated carbocycles. The maximum atomic E-state index is 12.7. The Morgan fingerprint density at radius 3 is 2.39 bits per heavy atom. The van der Waals surface area contributed by atoms with Gasteiger partial charge in [0, 0.05) is 16.6 Å². The molecule has 0 N–H and O–H groups in total. The molecular formula is C19H26F3NO4S. The van der Waals surface area contributed by atoms with E-state index in [0.29, 0.717) is 18.8 Å². The van der Waals surface area contributed by atoms with Gasteiger partial charge in [0.25, 0.3) is 0 Å². The molecule has 28 heavy (non-hydrogen) atoms. The van der Waals surface area contributed by atoms with Gasteiger partial charge in [0.05, 0.1) is 12.4 Å². The molecule has 0 amide bonds. The summed E-state index contributed by atoms with van der Waals surface area (Å²) in [6.07, 6.45) is -0.507. The SMILES string of the molecule is C/C=C/COc1cc(C)c(OCCCS(=O)C/C(=N/OC)C(F)(F)F)c(C)c1. The molecule has 0 radical (unpaired) electrons. The van der Waals surface area contributed by atoms with Gasteiger partial charge in [-0.3, -0.25) is 4.21 Å². The second kappa shape index (κ2) is 11.7. The normalized spacial score (nSPS) is 13.6. The van der Waals surface area contributed by atoms with Crippen molar-refractivity contribution in [3.63, 3.8) is 0 Å². The number of oxime groups is 1. The lowest BCUT2D eigenvalue weighted by atomic mass is 10.1. The van der Waals surface area contributed by atoms with E-state index >= 15 is 0 Å². The van der Waals surface area contributed by atoms with Gasteiger partial charge in [-0.15, -0.1) is 0 Å². The van der Waals surface area contributed by atoms with E-state index in [0.717, 1.165) is 24.0 Å². The molecule has 0 aliphatic heterocycles. The first kappa shape index (κ1) is 24.0. The third-order valence-corrected chi connectivity index (χ3v) is 4.94.